The van der Waals surface area contributed by atoms with Gasteiger partial charge in [0.05, 0.1) is 6.04 Å². The molecule has 3 aromatic rings. The van der Waals surface area contributed by atoms with Crippen molar-refractivity contribution in [3.8, 4) is 0 Å². The van der Waals surface area contributed by atoms with Gasteiger partial charge in [-0.05, 0) is 54.0 Å². The van der Waals surface area contributed by atoms with E-state index in [1.165, 1.54) is 17.7 Å². The zero-order valence-corrected chi connectivity index (χ0v) is 14.7. The van der Waals surface area contributed by atoms with E-state index in [1.54, 1.807) is 12.1 Å². The molecule has 2 nitrogen and oxygen atoms in total. The van der Waals surface area contributed by atoms with Gasteiger partial charge in [0, 0.05) is 5.69 Å². The number of hydrogen-bond acceptors (Lipinski definition) is 1. The maximum atomic E-state index is 13.4. The zero-order valence-electron chi connectivity index (χ0n) is 13.9. The minimum atomic E-state index is -0.300. The molecule has 25 heavy (non-hydrogen) atoms. The third-order valence-corrected chi connectivity index (χ3v) is 4.21. The number of rotatable bonds is 4. The van der Waals surface area contributed by atoms with Crippen LogP contribution in [-0.4, -0.2) is 5.11 Å². The van der Waals surface area contributed by atoms with E-state index in [9.17, 15) is 4.39 Å². The van der Waals surface area contributed by atoms with Crippen molar-refractivity contribution >= 4 is 23.0 Å². The maximum absolute atomic E-state index is 13.4. The number of anilines is 1. The average Bonchev–Trinajstić information content (AvgIpc) is 2.61. The van der Waals surface area contributed by atoms with Crippen LogP contribution in [0.2, 0.25) is 0 Å². The van der Waals surface area contributed by atoms with Gasteiger partial charge in [0.2, 0.25) is 0 Å². The van der Waals surface area contributed by atoms with Gasteiger partial charge in [-0.25, -0.2) is 4.39 Å². The highest BCUT2D eigenvalue weighted by Crippen LogP contribution is 2.25. The van der Waals surface area contributed by atoms with Crippen LogP contribution >= 0.6 is 12.2 Å². The fourth-order valence-corrected chi connectivity index (χ4v) is 3.00. The van der Waals surface area contributed by atoms with E-state index < -0.39 is 0 Å². The summed E-state index contributed by atoms with van der Waals surface area (Å²) >= 11 is 5.45. The first-order chi connectivity index (χ1) is 12.1. The zero-order chi connectivity index (χ0) is 17.6. The lowest BCUT2D eigenvalue weighted by Crippen LogP contribution is -2.33. The van der Waals surface area contributed by atoms with Gasteiger partial charge in [0.15, 0.2) is 5.11 Å². The Labute approximate surface area is 152 Å². The molecule has 0 saturated heterocycles. The van der Waals surface area contributed by atoms with Crippen molar-refractivity contribution in [3.63, 3.8) is 0 Å². The van der Waals surface area contributed by atoms with Crippen molar-refractivity contribution in [3.05, 3.63) is 101 Å². The Morgan fingerprint density at radius 2 is 1.64 bits per heavy atom. The van der Waals surface area contributed by atoms with Crippen molar-refractivity contribution in [2.45, 2.75) is 13.0 Å². The Morgan fingerprint density at radius 1 is 0.920 bits per heavy atom. The number of halogens is 1. The van der Waals surface area contributed by atoms with Gasteiger partial charge in [0.1, 0.15) is 5.82 Å². The molecule has 126 valence electrons. The first-order valence-corrected chi connectivity index (χ1v) is 8.48. The Morgan fingerprint density at radius 3 is 2.36 bits per heavy atom. The van der Waals surface area contributed by atoms with Crippen molar-refractivity contribution < 1.29 is 4.39 Å². The Bertz CT molecular complexity index is 865. The second kappa shape index (κ2) is 7.90. The molecule has 4 heteroatoms. The Kier molecular flexibility index (Phi) is 5.41. The Hall–Kier alpha value is -2.72. The molecule has 0 heterocycles. The van der Waals surface area contributed by atoms with E-state index in [1.807, 2.05) is 30.3 Å². The molecule has 3 rings (SSSR count). The summed E-state index contributed by atoms with van der Waals surface area (Å²) in [5.74, 6) is -0.300. The number of nitrogens with one attached hydrogen (secondary N) is 2. The number of hydrogen-bond donors (Lipinski definition) is 2. The van der Waals surface area contributed by atoms with Crippen molar-refractivity contribution in [1.82, 2.24) is 5.32 Å². The van der Waals surface area contributed by atoms with Crippen LogP contribution < -0.4 is 10.6 Å². The minimum Gasteiger partial charge on any atom is -0.352 e. The highest BCUT2D eigenvalue weighted by molar-refractivity contribution is 7.80. The molecule has 3 aromatic carbocycles. The highest BCUT2D eigenvalue weighted by Gasteiger charge is 2.16. The summed E-state index contributed by atoms with van der Waals surface area (Å²) in [6, 6.07) is 24.5. The molecule has 0 aromatic heterocycles. The third-order valence-electron chi connectivity index (χ3n) is 3.99. The van der Waals surface area contributed by atoms with E-state index in [0.29, 0.717) is 10.8 Å². The summed E-state index contributed by atoms with van der Waals surface area (Å²) < 4.78 is 13.4. The quantitative estimate of drug-likeness (QED) is 0.632. The van der Waals surface area contributed by atoms with Gasteiger partial charge in [-0.15, -0.1) is 0 Å². The van der Waals surface area contributed by atoms with Gasteiger partial charge in [-0.2, -0.15) is 0 Å². The third kappa shape index (κ3) is 4.43. The minimum absolute atomic E-state index is 0.0871. The van der Waals surface area contributed by atoms with Gasteiger partial charge in [-0.3, -0.25) is 0 Å². The summed E-state index contributed by atoms with van der Waals surface area (Å²) in [6.45, 7) is 2.08. The van der Waals surface area contributed by atoms with E-state index in [-0.39, 0.29) is 11.9 Å². The molecule has 0 saturated carbocycles. The summed E-state index contributed by atoms with van der Waals surface area (Å²) in [5.41, 5.74) is 4.06. The molecule has 0 spiro atoms. The molecule has 2 N–H and O–H groups in total. The van der Waals surface area contributed by atoms with Crippen molar-refractivity contribution in [2.75, 3.05) is 5.32 Å². The molecule has 0 amide bonds. The molecule has 0 radical (unpaired) electrons. The SMILES string of the molecule is Cc1ccccc1[C@@H](NC(=S)Nc1cccc(F)c1)c1ccccc1. The van der Waals surface area contributed by atoms with Crippen LogP contribution in [0.4, 0.5) is 10.1 Å². The highest BCUT2D eigenvalue weighted by atomic mass is 32.1. The summed E-state index contributed by atoms with van der Waals surface area (Å²) in [5, 5.41) is 6.86. The van der Waals surface area contributed by atoms with Crippen LogP contribution in [0.5, 0.6) is 0 Å². The molecular formula is C21H19FN2S. The van der Waals surface area contributed by atoms with Crippen molar-refractivity contribution in [1.29, 1.82) is 0 Å². The van der Waals surface area contributed by atoms with E-state index >= 15 is 0 Å². The fourth-order valence-electron chi connectivity index (χ4n) is 2.76. The maximum Gasteiger partial charge on any atom is 0.171 e. The average molecular weight is 350 g/mol. The van der Waals surface area contributed by atoms with Crippen LogP contribution in [0.3, 0.4) is 0 Å². The van der Waals surface area contributed by atoms with Crippen molar-refractivity contribution in [2.24, 2.45) is 0 Å². The standard InChI is InChI=1S/C21H19FN2S/c1-15-8-5-6-13-19(15)20(16-9-3-2-4-10-16)24-21(25)23-18-12-7-11-17(22)14-18/h2-14,20H,1H3,(H2,23,24,25)/t20-/m0/s1. The van der Waals surface area contributed by atoms with Crippen LogP contribution in [0.1, 0.15) is 22.7 Å². The molecule has 0 aliphatic rings. The lowest BCUT2D eigenvalue weighted by molar-refractivity contribution is 0.628. The summed E-state index contributed by atoms with van der Waals surface area (Å²) in [7, 11) is 0. The van der Waals surface area contributed by atoms with Gasteiger partial charge in [-0.1, -0.05) is 60.7 Å². The molecular weight excluding hydrogens is 331 g/mol. The molecule has 0 unspecified atom stereocenters. The van der Waals surface area contributed by atoms with E-state index in [2.05, 4.69) is 41.8 Å². The van der Waals surface area contributed by atoms with Gasteiger partial charge >= 0.3 is 0 Å². The molecule has 1 atom stereocenters. The van der Waals surface area contributed by atoms with Crippen LogP contribution in [0.25, 0.3) is 0 Å². The molecule has 0 aliphatic carbocycles. The van der Waals surface area contributed by atoms with E-state index in [4.69, 9.17) is 12.2 Å². The fraction of sp³-hybridized carbons (Fsp3) is 0.0952. The van der Waals surface area contributed by atoms with E-state index in [0.717, 1.165) is 11.1 Å². The predicted molar refractivity (Wildman–Crippen MR) is 105 cm³/mol. The molecule has 0 aliphatic heterocycles. The summed E-state index contributed by atoms with van der Waals surface area (Å²) in [6.07, 6.45) is 0. The lowest BCUT2D eigenvalue weighted by atomic mass is 9.95. The second-order valence-electron chi connectivity index (χ2n) is 5.81. The number of aryl methyl sites for hydroxylation is 1. The van der Waals surface area contributed by atoms with Crippen LogP contribution in [0, 0.1) is 12.7 Å². The predicted octanol–water partition coefficient (Wildman–Crippen LogP) is 5.21. The largest absolute Gasteiger partial charge is 0.352 e. The molecule has 0 fully saturated rings. The Balaban J connectivity index is 1.85. The first-order valence-electron chi connectivity index (χ1n) is 8.07. The first kappa shape index (κ1) is 17.1. The monoisotopic (exact) mass is 350 g/mol. The second-order valence-corrected chi connectivity index (χ2v) is 6.22. The normalized spacial score (nSPS) is 11.6. The van der Waals surface area contributed by atoms with Gasteiger partial charge in [0.25, 0.3) is 0 Å². The topological polar surface area (TPSA) is 24.1 Å². The lowest BCUT2D eigenvalue weighted by Gasteiger charge is -2.23. The number of thiocarbonyl (C=S) groups is 1. The smallest absolute Gasteiger partial charge is 0.171 e. The number of benzene rings is 3. The van der Waals surface area contributed by atoms with Gasteiger partial charge < -0.3 is 10.6 Å². The van der Waals surface area contributed by atoms with Crippen LogP contribution in [-0.2, 0) is 0 Å². The molecule has 0 bridgehead atoms. The summed E-state index contributed by atoms with van der Waals surface area (Å²) in [4.78, 5) is 0. The van der Waals surface area contributed by atoms with Crippen LogP contribution in [0.15, 0.2) is 78.9 Å².